The Morgan fingerprint density at radius 3 is 2.65 bits per heavy atom. The van der Waals surface area contributed by atoms with E-state index in [1.807, 2.05) is 6.08 Å². The van der Waals surface area contributed by atoms with Crippen LogP contribution in [0.4, 0.5) is 4.39 Å². The topological polar surface area (TPSA) is 104 Å². The monoisotopic (exact) mass is 638 g/mol. The minimum atomic E-state index is -1.83. The van der Waals surface area contributed by atoms with Gasteiger partial charge in [-0.15, -0.1) is 0 Å². The molecule has 4 aliphatic heterocycles. The number of benzene rings is 1. The summed E-state index contributed by atoms with van der Waals surface area (Å²) in [6, 6.07) is 5.55. The Hall–Kier alpha value is -2.82. The minimum Gasteiger partial charge on any atom is -0.489 e. The van der Waals surface area contributed by atoms with E-state index in [1.165, 1.54) is 29.8 Å². The van der Waals surface area contributed by atoms with Crippen LogP contribution in [0.2, 0.25) is 0 Å². The van der Waals surface area contributed by atoms with Gasteiger partial charge in [-0.1, -0.05) is 49.8 Å². The van der Waals surface area contributed by atoms with Crippen molar-refractivity contribution < 1.29 is 43.1 Å². The highest BCUT2D eigenvalue weighted by Crippen LogP contribution is 2.47. The molecule has 7 unspecified atom stereocenters. The fraction of sp³-hybridized carbons (Fsp3) is 0.595. The van der Waals surface area contributed by atoms with Gasteiger partial charge in [0.2, 0.25) is 0 Å². The van der Waals surface area contributed by atoms with Crippen molar-refractivity contribution in [2.24, 2.45) is 17.8 Å². The molecule has 3 saturated heterocycles. The Morgan fingerprint density at radius 2 is 1.89 bits per heavy atom. The number of hydrogen-bond acceptors (Lipinski definition) is 8. The maximum Gasteiger partial charge on any atom is 0.316 e. The van der Waals surface area contributed by atoms with Gasteiger partial charge in [0.1, 0.15) is 48.0 Å². The molecule has 8 nitrogen and oxygen atoms in total. The highest BCUT2D eigenvalue weighted by Gasteiger charge is 2.60. The zero-order valence-electron chi connectivity index (χ0n) is 27.2. The third-order valence-corrected chi connectivity index (χ3v) is 10.4. The first kappa shape index (κ1) is 33.1. The van der Waals surface area contributed by atoms with E-state index in [4.69, 9.17) is 23.7 Å². The number of fused-ring (bicyclic) bond motifs is 2. The predicted octanol–water partition coefficient (Wildman–Crippen LogP) is 5.73. The van der Waals surface area contributed by atoms with E-state index < -0.39 is 47.4 Å². The second-order valence-corrected chi connectivity index (χ2v) is 14.0. The second kappa shape index (κ2) is 13.4. The van der Waals surface area contributed by atoms with Gasteiger partial charge in [0, 0.05) is 19.3 Å². The molecule has 9 heteroatoms. The molecule has 10 atom stereocenters. The van der Waals surface area contributed by atoms with Crippen LogP contribution in [0.25, 0.3) is 0 Å². The Kier molecular flexibility index (Phi) is 9.61. The molecule has 46 heavy (non-hydrogen) atoms. The van der Waals surface area contributed by atoms with Gasteiger partial charge in [-0.05, 0) is 80.4 Å². The van der Waals surface area contributed by atoms with Gasteiger partial charge >= 0.3 is 5.97 Å². The van der Waals surface area contributed by atoms with Crippen molar-refractivity contribution >= 4 is 5.97 Å². The largest absolute Gasteiger partial charge is 0.489 e. The first-order chi connectivity index (χ1) is 22.0. The lowest BCUT2D eigenvalue weighted by Crippen LogP contribution is -2.58. The molecule has 2 N–H and O–H groups in total. The number of aliphatic hydroxyl groups excluding tert-OH is 1. The molecule has 2 bridgehead atoms. The van der Waals surface area contributed by atoms with Crippen LogP contribution in [0.15, 0.2) is 71.4 Å². The summed E-state index contributed by atoms with van der Waals surface area (Å²) in [6.07, 6.45) is 10.6. The SMILES string of the molecule is C/C1=C\CC2CC(CC3(CC[C@H](C)[C@@H](C)O3)O2)OC(=O)C2C=C(COc3ccc(F)cc3)[C@@H](O)C3OC/C(=C\C=C\C(C)C1)C23O. The first-order valence-corrected chi connectivity index (χ1v) is 16.7. The smallest absolute Gasteiger partial charge is 0.316 e. The number of carbonyl (C=O) groups excluding carboxylic acids is 1. The van der Waals surface area contributed by atoms with Crippen molar-refractivity contribution in [2.45, 2.75) is 108 Å². The van der Waals surface area contributed by atoms with E-state index in [1.54, 1.807) is 12.2 Å². The van der Waals surface area contributed by atoms with Crippen LogP contribution in [0, 0.1) is 23.6 Å². The van der Waals surface area contributed by atoms with Gasteiger partial charge in [-0.3, -0.25) is 4.79 Å². The summed E-state index contributed by atoms with van der Waals surface area (Å²) in [7, 11) is 0. The van der Waals surface area contributed by atoms with Crippen LogP contribution in [-0.4, -0.2) is 71.3 Å². The molecule has 6 rings (SSSR count). The van der Waals surface area contributed by atoms with Gasteiger partial charge in [0.15, 0.2) is 5.79 Å². The summed E-state index contributed by atoms with van der Waals surface area (Å²) in [5.41, 5.74) is 0.292. The predicted molar refractivity (Wildman–Crippen MR) is 169 cm³/mol. The Balaban J connectivity index is 1.35. The number of aliphatic hydroxyl groups is 2. The first-order valence-electron chi connectivity index (χ1n) is 16.7. The van der Waals surface area contributed by atoms with E-state index >= 15 is 0 Å². The summed E-state index contributed by atoms with van der Waals surface area (Å²) in [5.74, 6) is -1.98. The van der Waals surface area contributed by atoms with Crippen molar-refractivity contribution in [1.29, 1.82) is 0 Å². The highest BCUT2D eigenvalue weighted by atomic mass is 19.1. The Labute approximate surface area is 270 Å². The lowest BCUT2D eigenvalue weighted by molar-refractivity contribution is -0.332. The van der Waals surface area contributed by atoms with Crippen molar-refractivity contribution in [3.05, 3.63) is 77.2 Å². The molecule has 250 valence electrons. The number of rotatable bonds is 3. The van der Waals surface area contributed by atoms with Crippen LogP contribution in [-0.2, 0) is 23.7 Å². The molecule has 0 saturated carbocycles. The summed E-state index contributed by atoms with van der Waals surface area (Å²) in [6.45, 7) is 8.47. The number of esters is 1. The van der Waals surface area contributed by atoms with E-state index in [2.05, 4.69) is 39.8 Å². The van der Waals surface area contributed by atoms with E-state index in [0.717, 1.165) is 12.8 Å². The van der Waals surface area contributed by atoms with Gasteiger partial charge < -0.3 is 33.9 Å². The average molecular weight is 639 g/mol. The second-order valence-electron chi connectivity index (χ2n) is 14.0. The fourth-order valence-corrected chi connectivity index (χ4v) is 7.59. The molecular formula is C37H47FO8. The molecule has 0 radical (unpaired) electrons. The van der Waals surface area contributed by atoms with Crippen molar-refractivity contribution in [2.75, 3.05) is 13.2 Å². The molecule has 1 spiro atoms. The molecule has 1 aromatic rings. The molecule has 0 aromatic heterocycles. The van der Waals surface area contributed by atoms with Gasteiger partial charge in [-0.25, -0.2) is 4.39 Å². The van der Waals surface area contributed by atoms with Crippen LogP contribution in [0.5, 0.6) is 5.75 Å². The minimum absolute atomic E-state index is 0.00265. The van der Waals surface area contributed by atoms with Crippen LogP contribution in [0.1, 0.15) is 66.2 Å². The summed E-state index contributed by atoms with van der Waals surface area (Å²) in [5, 5.41) is 23.7. The molecule has 3 fully saturated rings. The van der Waals surface area contributed by atoms with Crippen molar-refractivity contribution in [3.63, 3.8) is 0 Å². The maximum atomic E-state index is 14.2. The van der Waals surface area contributed by atoms with Crippen molar-refractivity contribution in [1.82, 2.24) is 0 Å². The summed E-state index contributed by atoms with van der Waals surface area (Å²) >= 11 is 0. The molecule has 4 heterocycles. The molecular weight excluding hydrogens is 591 g/mol. The van der Waals surface area contributed by atoms with Crippen LogP contribution < -0.4 is 4.74 Å². The zero-order chi connectivity index (χ0) is 32.6. The van der Waals surface area contributed by atoms with Gasteiger partial charge in [-0.2, -0.15) is 0 Å². The Morgan fingerprint density at radius 1 is 1.11 bits per heavy atom. The third kappa shape index (κ3) is 6.76. The molecule has 1 aromatic carbocycles. The number of allylic oxidation sites excluding steroid dienone is 4. The standard InChI is InChI=1S/C37H47FO8/c1-22-6-5-7-27-21-43-34-33(39)26(20-42-29-12-9-28(38)10-13-29)17-32(37(27,34)41)35(40)44-31-18-30(11-8-23(2)16-22)46-36(19-31)15-14-24(3)25(4)45-36/h5-10,12-13,17,22,24-25,30-34,39,41H,11,14-16,18-21H2,1-4H3/b6-5+,23-8+,27-7+/t22?,24-,25+,30?,31?,32?,33+,34?,36?,37?/m0/s1. The van der Waals surface area contributed by atoms with Gasteiger partial charge in [0.05, 0.1) is 18.8 Å². The third-order valence-electron chi connectivity index (χ3n) is 10.4. The number of ether oxygens (including phenoxy) is 5. The summed E-state index contributed by atoms with van der Waals surface area (Å²) < 4.78 is 44.8. The number of hydrogen-bond donors (Lipinski definition) is 2. The average Bonchev–Trinajstić information content (AvgIpc) is 3.35. The summed E-state index contributed by atoms with van der Waals surface area (Å²) in [4.78, 5) is 14.2. The van der Waals surface area contributed by atoms with Crippen LogP contribution in [0.3, 0.4) is 0 Å². The Bertz CT molecular complexity index is 1400. The van der Waals surface area contributed by atoms with Crippen molar-refractivity contribution in [3.8, 4) is 5.75 Å². The quantitative estimate of drug-likeness (QED) is 0.320. The lowest BCUT2D eigenvalue weighted by Gasteiger charge is -2.49. The molecule has 5 aliphatic rings. The van der Waals surface area contributed by atoms with Crippen LogP contribution >= 0.6 is 0 Å². The number of carbonyl (C=O) groups is 1. The lowest BCUT2D eigenvalue weighted by atomic mass is 9.70. The zero-order valence-corrected chi connectivity index (χ0v) is 27.2. The highest BCUT2D eigenvalue weighted by molar-refractivity contribution is 5.78. The number of halogens is 1. The molecule has 0 amide bonds. The normalized spacial score (nSPS) is 42.9. The van der Waals surface area contributed by atoms with E-state index in [0.29, 0.717) is 48.5 Å². The maximum absolute atomic E-state index is 14.2. The van der Waals surface area contributed by atoms with Gasteiger partial charge in [0.25, 0.3) is 0 Å². The van der Waals surface area contributed by atoms with E-state index in [9.17, 15) is 19.4 Å². The van der Waals surface area contributed by atoms with E-state index in [-0.39, 0.29) is 31.3 Å². The fourth-order valence-electron chi connectivity index (χ4n) is 7.59. The molecule has 1 aliphatic carbocycles.